The first-order valence-electron chi connectivity index (χ1n) is 14.7. The molecule has 0 aromatic heterocycles. The number of carboxylic acid groups (broad SMARTS) is 1. The summed E-state index contributed by atoms with van der Waals surface area (Å²) in [6.45, 7) is 3.59. The second-order valence-corrected chi connectivity index (χ2v) is 12.4. The van der Waals surface area contributed by atoms with Gasteiger partial charge in [0.1, 0.15) is 5.75 Å². The molecule has 2 heterocycles. The van der Waals surface area contributed by atoms with E-state index < -0.39 is 52.8 Å². The predicted octanol–water partition coefficient (Wildman–Crippen LogP) is 4.83. The van der Waals surface area contributed by atoms with Crippen molar-refractivity contribution in [1.29, 1.82) is 0 Å². The van der Waals surface area contributed by atoms with Gasteiger partial charge >= 0.3 is 5.97 Å². The van der Waals surface area contributed by atoms with Crippen LogP contribution in [-0.4, -0.2) is 39.8 Å². The topological polar surface area (TPSA) is 132 Å². The van der Waals surface area contributed by atoms with Crippen LogP contribution in [0, 0.1) is 36.0 Å². The largest absolute Gasteiger partial charge is 0.508 e. The third kappa shape index (κ3) is 3.74. The summed E-state index contributed by atoms with van der Waals surface area (Å²) < 4.78 is 0. The SMILES string of the molecule is Cc1cc(C2C3=CCC4C(=O)N(c5cccc(C(=O)O)c5)C(=O)C4C3CC3C(=O)N(c4ccccc4)C(=O)C32C)ccc1O. The molecule has 222 valence electrons. The lowest BCUT2D eigenvalue weighted by Crippen LogP contribution is -2.48. The first kappa shape index (κ1) is 27.8. The fourth-order valence-corrected chi connectivity index (χ4v) is 8.11. The molecule has 44 heavy (non-hydrogen) atoms. The molecule has 2 aliphatic heterocycles. The number of carbonyl (C=O) groups excluding carboxylic acids is 4. The van der Waals surface area contributed by atoms with Gasteiger partial charge in [0, 0.05) is 5.92 Å². The Morgan fingerprint density at radius 1 is 0.841 bits per heavy atom. The van der Waals surface area contributed by atoms with Crippen molar-refractivity contribution in [1.82, 2.24) is 0 Å². The average molecular weight is 591 g/mol. The lowest BCUT2D eigenvalue weighted by atomic mass is 9.51. The molecule has 9 heteroatoms. The van der Waals surface area contributed by atoms with E-state index in [2.05, 4.69) is 0 Å². The Hall–Kier alpha value is -5.05. The van der Waals surface area contributed by atoms with Crippen molar-refractivity contribution in [3.63, 3.8) is 0 Å². The number of nitrogens with zero attached hydrogens (tertiary/aromatic N) is 2. The molecule has 3 fully saturated rings. The first-order valence-corrected chi connectivity index (χ1v) is 14.7. The Labute approximate surface area is 253 Å². The lowest BCUT2D eigenvalue weighted by Gasteiger charge is -2.49. The van der Waals surface area contributed by atoms with Gasteiger partial charge in [-0.15, -0.1) is 0 Å². The van der Waals surface area contributed by atoms with Gasteiger partial charge in [0.2, 0.25) is 23.6 Å². The third-order valence-corrected chi connectivity index (χ3v) is 10.2. The molecule has 0 bridgehead atoms. The minimum atomic E-state index is -1.17. The molecule has 0 radical (unpaired) electrons. The summed E-state index contributed by atoms with van der Waals surface area (Å²) in [6, 6.07) is 19.7. The zero-order chi connectivity index (χ0) is 31.1. The number of imide groups is 2. The molecule has 9 nitrogen and oxygen atoms in total. The van der Waals surface area contributed by atoms with Gasteiger partial charge in [-0.3, -0.25) is 24.1 Å². The van der Waals surface area contributed by atoms with Gasteiger partial charge < -0.3 is 10.2 Å². The summed E-state index contributed by atoms with van der Waals surface area (Å²) in [5.41, 5.74) is 1.67. The molecule has 3 aromatic carbocycles. The van der Waals surface area contributed by atoms with Crippen molar-refractivity contribution in [2.24, 2.45) is 29.1 Å². The molecule has 4 amide bonds. The molecule has 4 aliphatic rings. The molecular weight excluding hydrogens is 560 g/mol. The first-order chi connectivity index (χ1) is 21.0. The van der Waals surface area contributed by atoms with Crippen LogP contribution >= 0.6 is 0 Å². The van der Waals surface area contributed by atoms with Gasteiger partial charge in [0.05, 0.1) is 40.1 Å². The summed E-state index contributed by atoms with van der Waals surface area (Å²) in [5.74, 6) is -5.83. The highest BCUT2D eigenvalue weighted by atomic mass is 16.4. The summed E-state index contributed by atoms with van der Waals surface area (Å²) in [5, 5.41) is 19.8. The van der Waals surface area contributed by atoms with Crippen molar-refractivity contribution in [2.45, 2.75) is 32.6 Å². The normalized spacial score (nSPS) is 29.3. The van der Waals surface area contributed by atoms with E-state index in [1.54, 1.807) is 49.4 Å². The van der Waals surface area contributed by atoms with E-state index in [1.165, 1.54) is 23.1 Å². The fourth-order valence-electron chi connectivity index (χ4n) is 8.11. The van der Waals surface area contributed by atoms with Crippen LogP contribution in [-0.2, 0) is 19.2 Å². The maximum absolute atomic E-state index is 14.4. The van der Waals surface area contributed by atoms with E-state index in [-0.39, 0.29) is 41.7 Å². The standard InChI is InChI=1S/C35H30N2O7/c1-18-15-19(11-14-27(18)38)29-23-12-13-24-28(32(41)36(30(24)39)22-10-6-7-20(16-22)33(42)43)25(23)17-26-31(40)37(34(44)35(26,29)2)21-8-4-3-5-9-21/h3-12,14-16,24-26,28-29,38H,13,17H2,1-2H3,(H,42,43). The number of para-hydroxylation sites is 1. The molecular formula is C35H30N2O7. The van der Waals surface area contributed by atoms with Crippen LogP contribution in [0.4, 0.5) is 11.4 Å². The number of allylic oxidation sites excluding steroid dienone is 2. The Morgan fingerprint density at radius 3 is 2.27 bits per heavy atom. The number of fused-ring (bicyclic) bond motifs is 4. The highest BCUT2D eigenvalue weighted by Gasteiger charge is 2.67. The summed E-state index contributed by atoms with van der Waals surface area (Å²) in [7, 11) is 0. The Kier molecular flexibility index (Phi) is 6.14. The molecule has 7 rings (SSSR count). The number of hydrogen-bond acceptors (Lipinski definition) is 6. The lowest BCUT2D eigenvalue weighted by molar-refractivity contribution is -0.131. The predicted molar refractivity (Wildman–Crippen MR) is 160 cm³/mol. The van der Waals surface area contributed by atoms with Crippen LogP contribution in [0.1, 0.15) is 47.2 Å². The van der Waals surface area contributed by atoms with Crippen LogP contribution in [0.25, 0.3) is 0 Å². The quantitative estimate of drug-likeness (QED) is 0.328. The van der Waals surface area contributed by atoms with Gasteiger partial charge in [0.25, 0.3) is 0 Å². The number of aromatic hydroxyl groups is 1. The smallest absolute Gasteiger partial charge is 0.335 e. The summed E-state index contributed by atoms with van der Waals surface area (Å²) >= 11 is 0. The number of rotatable bonds is 4. The van der Waals surface area contributed by atoms with Crippen molar-refractivity contribution in [3.05, 3.63) is 101 Å². The maximum atomic E-state index is 14.4. The number of aromatic carboxylic acids is 1. The Balaban J connectivity index is 1.36. The van der Waals surface area contributed by atoms with Gasteiger partial charge in [-0.1, -0.05) is 48.0 Å². The van der Waals surface area contributed by atoms with Gasteiger partial charge in [-0.25, -0.2) is 9.69 Å². The number of aryl methyl sites for hydroxylation is 1. The van der Waals surface area contributed by atoms with E-state index in [0.717, 1.165) is 16.0 Å². The highest BCUT2D eigenvalue weighted by Crippen LogP contribution is 2.63. The van der Waals surface area contributed by atoms with Crippen LogP contribution < -0.4 is 9.80 Å². The molecule has 6 unspecified atom stereocenters. The number of carbonyl (C=O) groups is 5. The monoisotopic (exact) mass is 590 g/mol. The minimum Gasteiger partial charge on any atom is -0.508 e. The van der Waals surface area contributed by atoms with E-state index in [1.807, 2.05) is 25.1 Å². The van der Waals surface area contributed by atoms with Crippen LogP contribution in [0.3, 0.4) is 0 Å². The zero-order valence-electron chi connectivity index (χ0n) is 24.1. The van der Waals surface area contributed by atoms with Gasteiger partial charge in [0.15, 0.2) is 0 Å². The Morgan fingerprint density at radius 2 is 1.57 bits per heavy atom. The number of benzene rings is 3. The number of phenolic OH excluding ortho intramolecular Hbond substituents is 1. The number of anilines is 2. The van der Waals surface area contributed by atoms with Crippen molar-refractivity contribution in [3.8, 4) is 5.75 Å². The van der Waals surface area contributed by atoms with Crippen molar-refractivity contribution < 1.29 is 34.2 Å². The summed E-state index contributed by atoms with van der Waals surface area (Å²) in [4.78, 5) is 70.5. The van der Waals surface area contributed by atoms with Gasteiger partial charge in [-0.05, 0) is 80.1 Å². The molecule has 2 saturated heterocycles. The molecule has 0 spiro atoms. The third-order valence-electron chi connectivity index (χ3n) is 10.2. The summed E-state index contributed by atoms with van der Waals surface area (Å²) in [6.07, 6.45) is 2.45. The van der Waals surface area contributed by atoms with Crippen LogP contribution in [0.2, 0.25) is 0 Å². The molecule has 3 aromatic rings. The molecule has 6 atom stereocenters. The Bertz CT molecular complexity index is 1810. The molecule has 2 aliphatic carbocycles. The molecule has 1 saturated carbocycles. The number of amides is 4. The number of hydrogen-bond donors (Lipinski definition) is 2. The number of carboxylic acids is 1. The fraction of sp³-hybridized carbons (Fsp3) is 0.286. The van der Waals surface area contributed by atoms with E-state index in [0.29, 0.717) is 11.3 Å². The van der Waals surface area contributed by atoms with Crippen molar-refractivity contribution >= 4 is 41.0 Å². The second-order valence-electron chi connectivity index (χ2n) is 12.4. The number of phenols is 1. The average Bonchev–Trinajstić information content (AvgIpc) is 3.38. The minimum absolute atomic E-state index is 0.0379. The zero-order valence-corrected chi connectivity index (χ0v) is 24.1. The van der Waals surface area contributed by atoms with E-state index in [9.17, 15) is 34.2 Å². The van der Waals surface area contributed by atoms with Gasteiger partial charge in [-0.2, -0.15) is 0 Å². The van der Waals surface area contributed by atoms with E-state index >= 15 is 0 Å². The van der Waals surface area contributed by atoms with Crippen LogP contribution in [0.15, 0.2) is 84.4 Å². The van der Waals surface area contributed by atoms with E-state index in [4.69, 9.17) is 0 Å². The highest BCUT2D eigenvalue weighted by molar-refractivity contribution is 6.25. The second kappa shape index (κ2) is 9.74. The van der Waals surface area contributed by atoms with Crippen molar-refractivity contribution in [2.75, 3.05) is 9.80 Å². The molecule has 2 N–H and O–H groups in total. The van der Waals surface area contributed by atoms with Crippen LogP contribution in [0.5, 0.6) is 5.75 Å². The maximum Gasteiger partial charge on any atom is 0.335 e.